The first kappa shape index (κ1) is 18.7. The van der Waals surface area contributed by atoms with Crippen LogP contribution in [0.25, 0.3) is 0 Å². The second-order valence-corrected chi connectivity index (χ2v) is 7.36. The van der Waals surface area contributed by atoms with Crippen molar-refractivity contribution in [3.63, 3.8) is 0 Å². The van der Waals surface area contributed by atoms with Crippen LogP contribution in [-0.2, 0) is 19.4 Å². The number of carboxylic acids is 1. The summed E-state index contributed by atoms with van der Waals surface area (Å²) in [7, 11) is -1.79. The van der Waals surface area contributed by atoms with Gasteiger partial charge >= 0.3 is 12.0 Å². The number of carbonyl (C=O) groups is 2. The molecule has 0 aromatic rings. The van der Waals surface area contributed by atoms with Gasteiger partial charge in [-0.1, -0.05) is 0 Å². The van der Waals surface area contributed by atoms with Crippen LogP contribution in [0.15, 0.2) is 0 Å². The van der Waals surface area contributed by atoms with Crippen molar-refractivity contribution in [3.05, 3.63) is 0 Å². The standard InChI is InChI=1S/C11H22N2O6S/c1-11(2,19-3)7-12-10(16)13-8(9(14)15)5-6-20(4,17)18/h8H,5-7H2,1-4H3,(H,14,15)(H2,12,13,16). The van der Waals surface area contributed by atoms with Crippen LogP contribution in [0.1, 0.15) is 20.3 Å². The van der Waals surface area contributed by atoms with Gasteiger partial charge in [0.2, 0.25) is 0 Å². The lowest BCUT2D eigenvalue weighted by Gasteiger charge is -2.23. The summed E-state index contributed by atoms with van der Waals surface area (Å²) in [6.45, 7) is 3.70. The molecule has 0 aliphatic carbocycles. The van der Waals surface area contributed by atoms with Crippen LogP contribution in [0.2, 0.25) is 0 Å². The third kappa shape index (κ3) is 8.70. The van der Waals surface area contributed by atoms with Crippen molar-refractivity contribution in [1.82, 2.24) is 10.6 Å². The maximum absolute atomic E-state index is 11.6. The van der Waals surface area contributed by atoms with Gasteiger partial charge in [0.05, 0.1) is 11.4 Å². The molecule has 0 spiro atoms. The molecule has 118 valence electrons. The molecule has 8 nitrogen and oxygen atoms in total. The SMILES string of the molecule is COC(C)(C)CNC(=O)NC(CCS(C)(=O)=O)C(=O)O. The summed E-state index contributed by atoms with van der Waals surface area (Å²) in [5, 5.41) is 13.6. The molecule has 0 heterocycles. The van der Waals surface area contributed by atoms with Gasteiger partial charge in [0.15, 0.2) is 0 Å². The van der Waals surface area contributed by atoms with Gasteiger partial charge in [0.25, 0.3) is 0 Å². The van der Waals surface area contributed by atoms with Gasteiger partial charge in [-0.2, -0.15) is 0 Å². The van der Waals surface area contributed by atoms with E-state index < -0.39 is 33.5 Å². The molecule has 3 N–H and O–H groups in total. The van der Waals surface area contributed by atoms with Crippen LogP contribution >= 0.6 is 0 Å². The number of hydrogen-bond donors (Lipinski definition) is 3. The summed E-state index contributed by atoms with van der Waals surface area (Å²) >= 11 is 0. The number of ether oxygens (including phenoxy) is 1. The van der Waals surface area contributed by atoms with Crippen molar-refractivity contribution in [2.45, 2.75) is 31.9 Å². The molecule has 20 heavy (non-hydrogen) atoms. The van der Waals surface area contributed by atoms with Gasteiger partial charge in [-0.15, -0.1) is 0 Å². The van der Waals surface area contributed by atoms with Gasteiger partial charge in [-0.3, -0.25) is 0 Å². The third-order valence-corrected chi connectivity index (χ3v) is 3.59. The van der Waals surface area contributed by atoms with Crippen LogP contribution in [0.4, 0.5) is 4.79 Å². The minimum atomic E-state index is -3.28. The van der Waals surface area contributed by atoms with Crippen LogP contribution in [0.5, 0.6) is 0 Å². The van der Waals surface area contributed by atoms with Crippen LogP contribution in [-0.4, -0.2) is 62.8 Å². The first-order chi connectivity index (χ1) is 8.97. The molecule has 0 radical (unpaired) electrons. The molecule has 1 atom stereocenters. The highest BCUT2D eigenvalue weighted by molar-refractivity contribution is 7.90. The lowest BCUT2D eigenvalue weighted by Crippen LogP contribution is -2.50. The average Bonchev–Trinajstić information content (AvgIpc) is 2.30. The number of nitrogens with one attached hydrogen (secondary N) is 2. The first-order valence-electron chi connectivity index (χ1n) is 5.97. The number of carboxylic acid groups (broad SMARTS) is 1. The highest BCUT2D eigenvalue weighted by Gasteiger charge is 2.23. The Morgan fingerprint density at radius 3 is 2.30 bits per heavy atom. The van der Waals surface area contributed by atoms with Crippen molar-refractivity contribution in [3.8, 4) is 0 Å². The van der Waals surface area contributed by atoms with Crippen LogP contribution in [0.3, 0.4) is 0 Å². The summed E-state index contributed by atoms with van der Waals surface area (Å²) in [4.78, 5) is 22.5. The zero-order valence-corrected chi connectivity index (χ0v) is 12.9. The molecule has 0 aliphatic rings. The van der Waals surface area contributed by atoms with E-state index in [4.69, 9.17) is 9.84 Å². The average molecular weight is 310 g/mol. The maximum Gasteiger partial charge on any atom is 0.326 e. The van der Waals surface area contributed by atoms with Gasteiger partial charge < -0.3 is 20.5 Å². The van der Waals surface area contributed by atoms with Gasteiger partial charge in [-0.25, -0.2) is 18.0 Å². The number of sulfone groups is 1. The Kier molecular flexibility index (Phi) is 6.94. The molecule has 1 unspecified atom stereocenters. The molecule has 0 aliphatic heterocycles. The number of aliphatic carboxylic acids is 1. The molecular weight excluding hydrogens is 288 g/mol. The Bertz CT molecular complexity index is 446. The summed E-state index contributed by atoms with van der Waals surface area (Å²) in [6, 6.07) is -1.94. The van der Waals surface area contributed by atoms with Crippen molar-refractivity contribution in [2.24, 2.45) is 0 Å². The number of urea groups is 1. The summed E-state index contributed by atoms with van der Waals surface area (Å²) in [6.07, 6.45) is 0.822. The fourth-order valence-corrected chi connectivity index (χ4v) is 1.83. The van der Waals surface area contributed by atoms with Crippen LogP contribution < -0.4 is 10.6 Å². The fourth-order valence-electron chi connectivity index (χ4n) is 1.16. The summed E-state index contributed by atoms with van der Waals surface area (Å²) in [5.41, 5.74) is -0.581. The Morgan fingerprint density at radius 1 is 1.35 bits per heavy atom. The van der Waals surface area contributed by atoms with E-state index in [0.29, 0.717) is 0 Å². The van der Waals surface area contributed by atoms with E-state index in [-0.39, 0.29) is 18.7 Å². The van der Waals surface area contributed by atoms with E-state index in [2.05, 4.69) is 10.6 Å². The third-order valence-electron chi connectivity index (χ3n) is 2.61. The Balaban J connectivity index is 4.39. The zero-order valence-electron chi connectivity index (χ0n) is 12.1. The zero-order chi connectivity index (χ0) is 16.0. The van der Waals surface area contributed by atoms with Gasteiger partial charge in [0, 0.05) is 19.9 Å². The van der Waals surface area contributed by atoms with E-state index >= 15 is 0 Å². The molecule has 2 amide bonds. The molecule has 0 rings (SSSR count). The predicted octanol–water partition coefficient (Wildman–Crippen LogP) is -0.401. The van der Waals surface area contributed by atoms with E-state index in [0.717, 1.165) is 6.26 Å². The Hall–Kier alpha value is -1.35. The van der Waals surface area contributed by atoms with E-state index in [1.165, 1.54) is 7.11 Å². The number of hydrogen-bond acceptors (Lipinski definition) is 5. The molecule has 0 fully saturated rings. The number of carbonyl (C=O) groups excluding carboxylic acids is 1. The molecule has 0 aromatic heterocycles. The summed E-state index contributed by atoms with van der Waals surface area (Å²) in [5.74, 6) is -1.59. The lowest BCUT2D eigenvalue weighted by molar-refractivity contribution is -0.139. The minimum Gasteiger partial charge on any atom is -0.480 e. The molecule has 9 heteroatoms. The van der Waals surface area contributed by atoms with Gasteiger partial charge in [0.1, 0.15) is 15.9 Å². The molecular formula is C11H22N2O6S. The van der Waals surface area contributed by atoms with Crippen molar-refractivity contribution in [1.29, 1.82) is 0 Å². The topological polar surface area (TPSA) is 122 Å². The van der Waals surface area contributed by atoms with Crippen LogP contribution in [0, 0.1) is 0 Å². The first-order valence-corrected chi connectivity index (χ1v) is 8.03. The van der Waals surface area contributed by atoms with E-state index in [1.54, 1.807) is 13.8 Å². The number of rotatable bonds is 8. The fraction of sp³-hybridized carbons (Fsp3) is 0.818. The molecule has 0 saturated heterocycles. The van der Waals surface area contributed by atoms with Crippen molar-refractivity contribution in [2.75, 3.05) is 25.7 Å². The highest BCUT2D eigenvalue weighted by Crippen LogP contribution is 2.04. The lowest BCUT2D eigenvalue weighted by atomic mass is 10.1. The largest absolute Gasteiger partial charge is 0.480 e. The Labute approximate surface area is 118 Å². The van der Waals surface area contributed by atoms with Crippen molar-refractivity contribution >= 4 is 21.8 Å². The highest BCUT2D eigenvalue weighted by atomic mass is 32.2. The molecule has 0 bridgehead atoms. The minimum absolute atomic E-state index is 0.185. The summed E-state index contributed by atoms with van der Waals surface area (Å²) < 4.78 is 27.1. The monoisotopic (exact) mass is 310 g/mol. The smallest absolute Gasteiger partial charge is 0.326 e. The molecule has 0 saturated carbocycles. The Morgan fingerprint density at radius 2 is 1.90 bits per heavy atom. The normalized spacial score (nSPS) is 13.6. The number of amides is 2. The second kappa shape index (κ2) is 7.44. The second-order valence-electron chi connectivity index (χ2n) is 5.10. The molecule has 0 aromatic carbocycles. The van der Waals surface area contributed by atoms with E-state index in [1.807, 2.05) is 0 Å². The number of methoxy groups -OCH3 is 1. The van der Waals surface area contributed by atoms with E-state index in [9.17, 15) is 18.0 Å². The quantitative estimate of drug-likeness (QED) is 0.561. The van der Waals surface area contributed by atoms with Gasteiger partial charge in [-0.05, 0) is 20.3 Å². The van der Waals surface area contributed by atoms with Crippen molar-refractivity contribution < 1.29 is 27.9 Å². The predicted molar refractivity (Wildman–Crippen MR) is 73.4 cm³/mol. The maximum atomic E-state index is 11.6.